The van der Waals surface area contributed by atoms with Crippen molar-refractivity contribution >= 4 is 0 Å². The third kappa shape index (κ3) is 4.28. The van der Waals surface area contributed by atoms with Crippen LogP contribution in [0, 0.1) is 5.82 Å². The lowest BCUT2D eigenvalue weighted by molar-refractivity contribution is 0.578. The zero-order chi connectivity index (χ0) is 14.5. The summed E-state index contributed by atoms with van der Waals surface area (Å²) in [5.74, 6) is 0.256. The van der Waals surface area contributed by atoms with Crippen LogP contribution < -0.4 is 10.9 Å². The van der Waals surface area contributed by atoms with Crippen molar-refractivity contribution in [2.24, 2.45) is 0 Å². The maximum atomic E-state index is 13.1. The molecule has 0 aliphatic carbocycles. The van der Waals surface area contributed by atoms with E-state index in [4.69, 9.17) is 0 Å². The number of aromatic amines is 1. The summed E-state index contributed by atoms with van der Waals surface area (Å²) in [7, 11) is 0. The van der Waals surface area contributed by atoms with Crippen molar-refractivity contribution in [2.75, 3.05) is 0 Å². The van der Waals surface area contributed by atoms with E-state index in [2.05, 4.69) is 15.3 Å². The molecule has 0 amide bonds. The number of H-pyrrole nitrogens is 1. The Kier molecular flexibility index (Phi) is 4.63. The van der Waals surface area contributed by atoms with Gasteiger partial charge in [-0.3, -0.25) is 4.79 Å². The fraction of sp³-hybridized carbons (Fsp3) is 0.333. The van der Waals surface area contributed by atoms with Gasteiger partial charge in [0.1, 0.15) is 11.6 Å². The van der Waals surface area contributed by atoms with Gasteiger partial charge in [-0.15, -0.1) is 0 Å². The van der Waals surface area contributed by atoms with Gasteiger partial charge in [-0.25, -0.2) is 9.37 Å². The molecule has 0 aliphatic heterocycles. The Bertz CT molecular complexity index is 637. The summed E-state index contributed by atoms with van der Waals surface area (Å²) in [5, 5.41) is 3.21. The zero-order valence-corrected chi connectivity index (χ0v) is 11.6. The summed E-state index contributed by atoms with van der Waals surface area (Å²) in [4.78, 5) is 18.7. The quantitative estimate of drug-likeness (QED) is 0.877. The van der Waals surface area contributed by atoms with Gasteiger partial charge in [0.25, 0.3) is 5.56 Å². The molecule has 0 saturated heterocycles. The molecule has 1 aromatic carbocycles. The lowest BCUT2D eigenvalue weighted by Crippen LogP contribution is -2.24. The molecule has 2 rings (SSSR count). The van der Waals surface area contributed by atoms with Gasteiger partial charge in [-0.05, 0) is 17.7 Å². The highest BCUT2D eigenvalue weighted by Gasteiger charge is 2.04. The van der Waals surface area contributed by atoms with Gasteiger partial charge in [0, 0.05) is 25.1 Å². The lowest BCUT2D eigenvalue weighted by Gasteiger charge is -2.08. The van der Waals surface area contributed by atoms with Crippen LogP contribution in [0.3, 0.4) is 0 Å². The molecule has 20 heavy (non-hydrogen) atoms. The Morgan fingerprint density at radius 2 is 2.15 bits per heavy atom. The van der Waals surface area contributed by atoms with Crippen LogP contribution in [-0.2, 0) is 13.0 Å². The topological polar surface area (TPSA) is 57.8 Å². The second kappa shape index (κ2) is 6.43. The fourth-order valence-electron chi connectivity index (χ4n) is 1.89. The van der Waals surface area contributed by atoms with E-state index < -0.39 is 0 Å². The number of hydrogen-bond acceptors (Lipinski definition) is 3. The minimum absolute atomic E-state index is 0.188. The Hall–Kier alpha value is -2.01. The number of hydrogen-bond donors (Lipinski definition) is 2. The smallest absolute Gasteiger partial charge is 0.251 e. The lowest BCUT2D eigenvalue weighted by atomic mass is 10.1. The highest BCUT2D eigenvalue weighted by atomic mass is 19.1. The van der Waals surface area contributed by atoms with Gasteiger partial charge in [0.05, 0.1) is 5.69 Å². The van der Waals surface area contributed by atoms with Crippen LogP contribution in [0.25, 0.3) is 0 Å². The number of aromatic nitrogens is 2. The first-order chi connectivity index (χ1) is 9.52. The van der Waals surface area contributed by atoms with Crippen LogP contribution >= 0.6 is 0 Å². The van der Waals surface area contributed by atoms with E-state index in [0.29, 0.717) is 30.5 Å². The van der Waals surface area contributed by atoms with Crippen molar-refractivity contribution < 1.29 is 4.39 Å². The Morgan fingerprint density at radius 1 is 1.35 bits per heavy atom. The van der Waals surface area contributed by atoms with Gasteiger partial charge in [-0.1, -0.05) is 26.0 Å². The van der Waals surface area contributed by atoms with Crippen LogP contribution in [0.4, 0.5) is 4.39 Å². The number of nitrogens with one attached hydrogen (secondary N) is 2. The van der Waals surface area contributed by atoms with Crippen LogP contribution in [0.15, 0.2) is 35.1 Å². The maximum absolute atomic E-state index is 13.1. The number of rotatable bonds is 5. The van der Waals surface area contributed by atoms with E-state index >= 15 is 0 Å². The molecule has 0 saturated carbocycles. The third-order valence-electron chi connectivity index (χ3n) is 2.80. The van der Waals surface area contributed by atoms with E-state index in [0.717, 1.165) is 5.56 Å². The summed E-state index contributed by atoms with van der Waals surface area (Å²) >= 11 is 0. The molecule has 0 bridgehead atoms. The number of nitrogens with zero attached hydrogens (tertiary/aromatic N) is 1. The van der Waals surface area contributed by atoms with Gasteiger partial charge < -0.3 is 10.3 Å². The van der Waals surface area contributed by atoms with Crippen molar-refractivity contribution in [3.05, 3.63) is 63.6 Å². The second-order valence-corrected chi connectivity index (χ2v) is 5.03. The van der Waals surface area contributed by atoms with Crippen molar-refractivity contribution in [3.8, 4) is 0 Å². The van der Waals surface area contributed by atoms with E-state index in [9.17, 15) is 9.18 Å². The first-order valence-electron chi connectivity index (χ1n) is 6.60. The normalized spacial score (nSPS) is 11.0. The predicted octanol–water partition coefficient (Wildman–Crippen LogP) is 2.00. The largest absolute Gasteiger partial charge is 0.310 e. The standard InChI is InChI=1S/C15H18FN3O/c1-10(2)17-9-13-8-15(20)19-14(18-13)7-11-4-3-5-12(16)6-11/h3-6,8,10,17H,7,9H2,1-2H3,(H,18,19,20). The van der Waals surface area contributed by atoms with E-state index in [1.54, 1.807) is 6.07 Å². The molecule has 1 heterocycles. The molecule has 2 N–H and O–H groups in total. The average molecular weight is 275 g/mol. The molecule has 2 aromatic rings. The Balaban J connectivity index is 2.17. The number of benzene rings is 1. The second-order valence-electron chi connectivity index (χ2n) is 5.03. The molecule has 0 fully saturated rings. The zero-order valence-electron chi connectivity index (χ0n) is 11.6. The summed E-state index contributed by atoms with van der Waals surface area (Å²) in [6, 6.07) is 8.09. The van der Waals surface area contributed by atoms with Crippen molar-refractivity contribution in [3.63, 3.8) is 0 Å². The molecule has 0 aliphatic rings. The first-order valence-corrected chi connectivity index (χ1v) is 6.60. The van der Waals surface area contributed by atoms with Crippen molar-refractivity contribution in [1.29, 1.82) is 0 Å². The highest BCUT2D eigenvalue weighted by molar-refractivity contribution is 5.20. The van der Waals surface area contributed by atoms with Gasteiger partial charge >= 0.3 is 0 Å². The third-order valence-corrected chi connectivity index (χ3v) is 2.80. The monoisotopic (exact) mass is 275 g/mol. The molecule has 5 heteroatoms. The first kappa shape index (κ1) is 14.4. The summed E-state index contributed by atoms with van der Waals surface area (Å²) in [6.07, 6.45) is 0.405. The summed E-state index contributed by atoms with van der Waals surface area (Å²) in [6.45, 7) is 4.60. The highest BCUT2D eigenvalue weighted by Crippen LogP contribution is 2.07. The van der Waals surface area contributed by atoms with Crippen LogP contribution in [0.5, 0.6) is 0 Å². The summed E-state index contributed by atoms with van der Waals surface area (Å²) < 4.78 is 13.1. The van der Waals surface area contributed by atoms with Gasteiger partial charge in [0.15, 0.2) is 0 Å². The van der Waals surface area contributed by atoms with Gasteiger partial charge in [0.2, 0.25) is 0 Å². The van der Waals surface area contributed by atoms with Crippen LogP contribution in [-0.4, -0.2) is 16.0 Å². The van der Waals surface area contributed by atoms with Gasteiger partial charge in [-0.2, -0.15) is 0 Å². The maximum Gasteiger partial charge on any atom is 0.251 e. The molecule has 0 atom stereocenters. The fourth-order valence-corrected chi connectivity index (χ4v) is 1.89. The molecule has 0 radical (unpaired) electrons. The minimum atomic E-state index is -0.289. The Morgan fingerprint density at radius 3 is 2.85 bits per heavy atom. The van der Waals surface area contributed by atoms with Crippen molar-refractivity contribution in [1.82, 2.24) is 15.3 Å². The average Bonchev–Trinajstić information content (AvgIpc) is 2.35. The predicted molar refractivity (Wildman–Crippen MR) is 76.0 cm³/mol. The van der Waals surface area contributed by atoms with E-state index in [1.165, 1.54) is 18.2 Å². The number of halogens is 1. The minimum Gasteiger partial charge on any atom is -0.310 e. The van der Waals surface area contributed by atoms with Crippen LogP contribution in [0.1, 0.15) is 30.9 Å². The molecule has 0 unspecified atom stereocenters. The molecular formula is C15H18FN3O. The molecule has 0 spiro atoms. The SMILES string of the molecule is CC(C)NCc1cc(=O)[nH]c(Cc2cccc(F)c2)n1. The summed E-state index contributed by atoms with van der Waals surface area (Å²) in [5.41, 5.74) is 1.28. The van der Waals surface area contributed by atoms with Crippen LogP contribution in [0.2, 0.25) is 0 Å². The Labute approximate surface area is 117 Å². The van der Waals surface area contributed by atoms with Crippen molar-refractivity contribution in [2.45, 2.75) is 32.9 Å². The molecule has 1 aromatic heterocycles. The van der Waals surface area contributed by atoms with E-state index in [-0.39, 0.29) is 11.4 Å². The molecular weight excluding hydrogens is 257 g/mol. The molecule has 106 valence electrons. The molecule has 4 nitrogen and oxygen atoms in total. The van der Waals surface area contributed by atoms with E-state index in [1.807, 2.05) is 19.9 Å².